The van der Waals surface area contributed by atoms with Crippen molar-refractivity contribution in [3.8, 4) is 17.6 Å². The third-order valence-electron chi connectivity index (χ3n) is 4.81. The van der Waals surface area contributed by atoms with Crippen molar-refractivity contribution in [2.24, 2.45) is 0 Å². The van der Waals surface area contributed by atoms with Gasteiger partial charge in [0.25, 0.3) is 11.8 Å². The second kappa shape index (κ2) is 12.6. The van der Waals surface area contributed by atoms with Gasteiger partial charge >= 0.3 is 0 Å². The number of benzene rings is 3. The van der Waals surface area contributed by atoms with Gasteiger partial charge in [-0.3, -0.25) is 9.59 Å². The van der Waals surface area contributed by atoms with Crippen molar-refractivity contribution < 1.29 is 19.1 Å². The van der Waals surface area contributed by atoms with Crippen LogP contribution < -0.4 is 20.1 Å². The van der Waals surface area contributed by atoms with Crippen molar-refractivity contribution in [1.82, 2.24) is 0 Å². The van der Waals surface area contributed by atoms with E-state index in [1.54, 1.807) is 30.3 Å². The smallest absolute Gasteiger partial charge is 0.266 e. The zero-order valence-electron chi connectivity index (χ0n) is 19.3. The van der Waals surface area contributed by atoms with Gasteiger partial charge in [-0.15, -0.1) is 0 Å². The van der Waals surface area contributed by atoms with Crippen LogP contribution in [-0.2, 0) is 9.59 Å². The number of hydrogen-bond donors (Lipinski definition) is 2. The molecule has 0 aliphatic heterocycles. The third kappa shape index (κ3) is 7.32. The number of rotatable bonds is 9. The maximum absolute atomic E-state index is 12.7. The highest BCUT2D eigenvalue weighted by molar-refractivity contribution is 14.1. The van der Waals surface area contributed by atoms with Gasteiger partial charge in [-0.1, -0.05) is 36.4 Å². The van der Waals surface area contributed by atoms with Gasteiger partial charge in [-0.05, 0) is 84.0 Å². The standard InChI is InChI=1S/C27H24IN3O4/c1-3-34-24-15-19(13-20(16-29)27(33)31-23-12-8-7-9-18(23)2)14-22(28)26(24)35-17-25(32)30-21-10-5-4-6-11-21/h4-15H,3,17H2,1-2H3,(H,30,32)(H,31,33)/b20-13+. The third-order valence-corrected chi connectivity index (χ3v) is 5.61. The second-order valence-corrected chi connectivity index (χ2v) is 8.57. The van der Waals surface area contributed by atoms with Crippen LogP contribution in [0.2, 0.25) is 0 Å². The van der Waals surface area contributed by atoms with E-state index in [4.69, 9.17) is 9.47 Å². The first-order valence-corrected chi connectivity index (χ1v) is 11.9. The molecule has 0 radical (unpaired) electrons. The highest BCUT2D eigenvalue weighted by atomic mass is 127. The second-order valence-electron chi connectivity index (χ2n) is 7.40. The predicted octanol–water partition coefficient (Wildman–Crippen LogP) is 5.56. The lowest BCUT2D eigenvalue weighted by molar-refractivity contribution is -0.118. The molecule has 8 heteroatoms. The number of para-hydroxylation sites is 2. The number of anilines is 2. The Balaban J connectivity index is 1.78. The summed E-state index contributed by atoms with van der Waals surface area (Å²) in [6.07, 6.45) is 1.49. The van der Waals surface area contributed by atoms with E-state index in [1.807, 2.05) is 56.3 Å². The Morgan fingerprint density at radius 3 is 2.43 bits per heavy atom. The quantitative estimate of drug-likeness (QED) is 0.196. The van der Waals surface area contributed by atoms with E-state index in [9.17, 15) is 14.9 Å². The number of amides is 2. The molecule has 35 heavy (non-hydrogen) atoms. The molecule has 2 N–H and O–H groups in total. The first-order valence-electron chi connectivity index (χ1n) is 10.8. The predicted molar refractivity (Wildman–Crippen MR) is 144 cm³/mol. The van der Waals surface area contributed by atoms with Gasteiger partial charge in [-0.25, -0.2) is 0 Å². The number of carbonyl (C=O) groups excluding carboxylic acids is 2. The van der Waals surface area contributed by atoms with Crippen molar-refractivity contribution >= 4 is 51.9 Å². The first kappa shape index (κ1) is 25.8. The molecule has 0 unspecified atom stereocenters. The van der Waals surface area contributed by atoms with Crippen molar-refractivity contribution in [2.75, 3.05) is 23.8 Å². The minimum atomic E-state index is -0.507. The van der Waals surface area contributed by atoms with Crippen molar-refractivity contribution in [2.45, 2.75) is 13.8 Å². The van der Waals surface area contributed by atoms with Crippen LogP contribution in [0.15, 0.2) is 72.3 Å². The Morgan fingerprint density at radius 2 is 1.74 bits per heavy atom. The fraction of sp³-hybridized carbons (Fsp3) is 0.148. The van der Waals surface area contributed by atoms with Crippen molar-refractivity contribution in [1.29, 1.82) is 5.26 Å². The number of hydrogen-bond acceptors (Lipinski definition) is 5. The number of carbonyl (C=O) groups is 2. The maximum Gasteiger partial charge on any atom is 0.266 e. The Morgan fingerprint density at radius 1 is 1.03 bits per heavy atom. The Hall–Kier alpha value is -3.84. The zero-order valence-corrected chi connectivity index (χ0v) is 21.5. The van der Waals surface area contributed by atoms with Gasteiger partial charge in [-0.2, -0.15) is 5.26 Å². The van der Waals surface area contributed by atoms with Gasteiger partial charge in [0, 0.05) is 11.4 Å². The Kier molecular flexibility index (Phi) is 9.26. The number of halogens is 1. The van der Waals surface area contributed by atoms with Crippen LogP contribution in [0.1, 0.15) is 18.1 Å². The molecule has 0 saturated carbocycles. The highest BCUT2D eigenvalue weighted by Crippen LogP contribution is 2.35. The molecule has 0 aliphatic rings. The average Bonchev–Trinajstić information content (AvgIpc) is 2.84. The molecule has 0 saturated heterocycles. The average molecular weight is 581 g/mol. The molecule has 3 aromatic carbocycles. The summed E-state index contributed by atoms with van der Waals surface area (Å²) in [6, 6.07) is 21.8. The zero-order chi connectivity index (χ0) is 25.2. The summed E-state index contributed by atoms with van der Waals surface area (Å²) in [7, 11) is 0. The van der Waals surface area contributed by atoms with Crippen LogP contribution in [0.5, 0.6) is 11.5 Å². The van der Waals surface area contributed by atoms with Gasteiger partial charge in [0.05, 0.1) is 10.2 Å². The van der Waals surface area contributed by atoms with E-state index < -0.39 is 5.91 Å². The van der Waals surface area contributed by atoms with E-state index in [2.05, 4.69) is 33.2 Å². The molecule has 0 heterocycles. The van der Waals surface area contributed by atoms with Crippen LogP contribution >= 0.6 is 22.6 Å². The molecule has 0 spiro atoms. The lowest BCUT2D eigenvalue weighted by atomic mass is 10.1. The minimum Gasteiger partial charge on any atom is -0.490 e. The van der Waals surface area contributed by atoms with Gasteiger partial charge in [0.2, 0.25) is 0 Å². The van der Waals surface area contributed by atoms with Gasteiger partial charge in [0.15, 0.2) is 18.1 Å². The molecular formula is C27H24IN3O4. The number of nitrogens with zero attached hydrogens (tertiary/aromatic N) is 1. The summed E-state index contributed by atoms with van der Waals surface area (Å²) in [5.41, 5.74) is 2.75. The van der Waals surface area contributed by atoms with Crippen LogP contribution in [0.25, 0.3) is 6.08 Å². The SMILES string of the molecule is CCOc1cc(/C=C(\C#N)C(=O)Nc2ccccc2C)cc(I)c1OCC(=O)Nc1ccccc1. The van der Waals surface area contributed by atoms with Crippen molar-refractivity contribution in [3.63, 3.8) is 0 Å². The number of aryl methyl sites for hydroxylation is 1. The molecule has 0 atom stereocenters. The summed E-state index contributed by atoms with van der Waals surface area (Å²) in [5, 5.41) is 15.1. The Labute approximate surface area is 217 Å². The fourth-order valence-corrected chi connectivity index (χ4v) is 3.93. The first-order chi connectivity index (χ1) is 16.9. The van der Waals surface area contributed by atoms with Crippen LogP contribution in [-0.4, -0.2) is 25.0 Å². The fourth-order valence-electron chi connectivity index (χ4n) is 3.15. The van der Waals surface area contributed by atoms with Gasteiger partial charge in [0.1, 0.15) is 11.6 Å². The van der Waals surface area contributed by atoms with E-state index in [0.29, 0.717) is 38.6 Å². The number of ether oxygens (including phenoxy) is 2. The number of nitrogens with one attached hydrogen (secondary N) is 2. The molecular weight excluding hydrogens is 557 g/mol. The largest absolute Gasteiger partial charge is 0.490 e. The molecule has 2 amide bonds. The topological polar surface area (TPSA) is 100 Å². The normalized spacial score (nSPS) is 10.7. The van der Waals surface area contributed by atoms with Crippen LogP contribution in [0.3, 0.4) is 0 Å². The Bertz CT molecular complexity index is 1280. The minimum absolute atomic E-state index is 0.0533. The van der Waals surface area contributed by atoms with Gasteiger partial charge < -0.3 is 20.1 Å². The number of nitriles is 1. The molecule has 3 rings (SSSR count). The molecule has 0 bridgehead atoms. The summed E-state index contributed by atoms with van der Waals surface area (Å²) in [5.74, 6) is 0.0104. The van der Waals surface area contributed by atoms with Crippen LogP contribution in [0.4, 0.5) is 11.4 Å². The lowest BCUT2D eigenvalue weighted by Crippen LogP contribution is -2.20. The van der Waals surface area contributed by atoms with E-state index in [-0.39, 0.29) is 18.1 Å². The van der Waals surface area contributed by atoms with Crippen LogP contribution in [0, 0.1) is 21.8 Å². The molecule has 0 aromatic heterocycles. The molecule has 0 aliphatic carbocycles. The molecule has 0 fully saturated rings. The van der Waals surface area contributed by atoms with E-state index in [1.165, 1.54) is 6.08 Å². The monoisotopic (exact) mass is 581 g/mol. The molecule has 3 aromatic rings. The summed E-state index contributed by atoms with van der Waals surface area (Å²) >= 11 is 2.07. The molecule has 7 nitrogen and oxygen atoms in total. The maximum atomic E-state index is 12.7. The summed E-state index contributed by atoms with van der Waals surface area (Å²) in [4.78, 5) is 25.0. The van der Waals surface area contributed by atoms with E-state index in [0.717, 1.165) is 5.56 Å². The lowest BCUT2D eigenvalue weighted by Gasteiger charge is -2.15. The van der Waals surface area contributed by atoms with Crippen molar-refractivity contribution in [3.05, 3.63) is 87.0 Å². The molecule has 178 valence electrons. The summed E-state index contributed by atoms with van der Waals surface area (Å²) in [6.45, 7) is 3.87. The highest BCUT2D eigenvalue weighted by Gasteiger charge is 2.16. The summed E-state index contributed by atoms with van der Waals surface area (Å²) < 4.78 is 12.2. The van der Waals surface area contributed by atoms with E-state index >= 15 is 0 Å².